The van der Waals surface area contributed by atoms with E-state index in [1.54, 1.807) is 11.2 Å². The average molecular weight is 378 g/mol. The second-order valence-corrected chi connectivity index (χ2v) is 8.38. The predicted molar refractivity (Wildman–Crippen MR) is 102 cm³/mol. The van der Waals surface area contributed by atoms with Gasteiger partial charge in [-0.1, -0.05) is 0 Å². The minimum atomic E-state index is -0.285. The number of furan rings is 1. The zero-order valence-corrected chi connectivity index (χ0v) is 16.5. The normalized spacial score (nSPS) is 17.4. The number of aromatic nitrogens is 1. The van der Waals surface area contributed by atoms with E-state index in [4.69, 9.17) is 4.42 Å². The molecule has 1 unspecified atom stereocenters. The molecule has 7 heteroatoms. The van der Waals surface area contributed by atoms with Crippen molar-refractivity contribution in [2.24, 2.45) is 5.92 Å². The van der Waals surface area contributed by atoms with Crippen LogP contribution >= 0.6 is 11.3 Å². The van der Waals surface area contributed by atoms with Crippen LogP contribution < -0.4 is 0 Å². The van der Waals surface area contributed by atoms with E-state index in [1.165, 1.54) is 11.3 Å². The fourth-order valence-electron chi connectivity index (χ4n) is 3.48. The molecule has 0 aliphatic carbocycles. The third-order valence-corrected chi connectivity index (χ3v) is 5.82. The maximum atomic E-state index is 12.8. The van der Waals surface area contributed by atoms with Crippen molar-refractivity contribution in [2.75, 3.05) is 33.2 Å². The van der Waals surface area contributed by atoms with Crippen molar-refractivity contribution in [1.29, 1.82) is 0 Å². The molecule has 2 aromatic heterocycles. The molecule has 1 aliphatic rings. The van der Waals surface area contributed by atoms with Gasteiger partial charge in [0.25, 0.3) is 5.91 Å². The summed E-state index contributed by atoms with van der Waals surface area (Å²) >= 11 is 1.49. The first-order valence-corrected chi connectivity index (χ1v) is 9.93. The highest BCUT2D eigenvalue weighted by Gasteiger charge is 2.25. The molecule has 0 saturated carbocycles. The van der Waals surface area contributed by atoms with Crippen molar-refractivity contribution in [3.8, 4) is 10.8 Å². The van der Waals surface area contributed by atoms with Crippen LogP contribution in [0.1, 0.15) is 35.1 Å². The number of β-amino-alcohol motifs (C(OH)–C–C–N with tert-alkyl or cyclic N) is 1. The molecular weight excluding hydrogens is 350 g/mol. The first-order chi connectivity index (χ1) is 12.4. The summed E-state index contributed by atoms with van der Waals surface area (Å²) < 4.78 is 5.39. The first-order valence-electron chi connectivity index (χ1n) is 9.11. The number of hydrogen-bond acceptors (Lipinski definition) is 6. The molecule has 1 amide bonds. The van der Waals surface area contributed by atoms with Crippen LogP contribution in [-0.2, 0) is 0 Å². The quantitative estimate of drug-likeness (QED) is 0.838. The van der Waals surface area contributed by atoms with Crippen LogP contribution in [0.4, 0.5) is 0 Å². The number of amides is 1. The molecule has 0 spiro atoms. The van der Waals surface area contributed by atoms with E-state index in [-0.39, 0.29) is 12.0 Å². The lowest BCUT2D eigenvalue weighted by molar-refractivity contribution is 0.0698. The van der Waals surface area contributed by atoms with Gasteiger partial charge in [0.05, 0.1) is 12.4 Å². The van der Waals surface area contributed by atoms with Gasteiger partial charge in [-0.3, -0.25) is 4.79 Å². The van der Waals surface area contributed by atoms with Crippen LogP contribution in [0.25, 0.3) is 10.8 Å². The fraction of sp³-hybridized carbons (Fsp3) is 0.579. The largest absolute Gasteiger partial charge is 0.462 e. The Bertz CT molecular complexity index is 718. The summed E-state index contributed by atoms with van der Waals surface area (Å²) in [5.74, 6) is 1.17. The predicted octanol–water partition coefficient (Wildman–Crippen LogP) is 2.88. The van der Waals surface area contributed by atoms with Gasteiger partial charge < -0.3 is 19.3 Å². The molecule has 1 N–H and O–H groups in total. The van der Waals surface area contributed by atoms with E-state index < -0.39 is 0 Å². The molecule has 3 heterocycles. The zero-order valence-electron chi connectivity index (χ0n) is 15.6. The van der Waals surface area contributed by atoms with Crippen molar-refractivity contribution in [1.82, 2.24) is 14.8 Å². The summed E-state index contributed by atoms with van der Waals surface area (Å²) in [5, 5.41) is 10.3. The van der Waals surface area contributed by atoms with Crippen LogP contribution in [0.15, 0.2) is 22.8 Å². The molecule has 3 rings (SSSR count). The van der Waals surface area contributed by atoms with Gasteiger partial charge in [-0.2, -0.15) is 0 Å². The Morgan fingerprint density at radius 1 is 1.50 bits per heavy atom. The number of rotatable bonds is 6. The van der Waals surface area contributed by atoms with Gasteiger partial charge in [-0.25, -0.2) is 4.98 Å². The number of aliphatic hydroxyl groups excluding tert-OH is 1. The number of nitrogens with zero attached hydrogens (tertiary/aromatic N) is 3. The van der Waals surface area contributed by atoms with Gasteiger partial charge in [0.15, 0.2) is 10.8 Å². The van der Waals surface area contributed by atoms with E-state index in [0.717, 1.165) is 48.9 Å². The van der Waals surface area contributed by atoms with Crippen LogP contribution in [-0.4, -0.2) is 65.1 Å². The number of aliphatic hydroxyl groups is 1. The van der Waals surface area contributed by atoms with Crippen molar-refractivity contribution < 1.29 is 14.3 Å². The number of hydrogen-bond donors (Lipinski definition) is 1. The topological polar surface area (TPSA) is 69.8 Å². The summed E-state index contributed by atoms with van der Waals surface area (Å²) in [7, 11) is 1.86. The highest BCUT2D eigenvalue weighted by Crippen LogP contribution is 2.29. The second-order valence-electron chi connectivity index (χ2n) is 7.18. The van der Waals surface area contributed by atoms with Crippen molar-refractivity contribution >= 4 is 17.2 Å². The molecular formula is C19H27N3O3S. The monoisotopic (exact) mass is 377 g/mol. The van der Waals surface area contributed by atoms with Gasteiger partial charge in [0, 0.05) is 25.0 Å². The Kier molecular flexibility index (Phi) is 6.11. The molecule has 6 nitrogen and oxygen atoms in total. The summed E-state index contributed by atoms with van der Waals surface area (Å²) in [6, 6.07) is 3.68. The third kappa shape index (κ3) is 4.52. The van der Waals surface area contributed by atoms with E-state index >= 15 is 0 Å². The van der Waals surface area contributed by atoms with Gasteiger partial charge in [-0.05, 0) is 57.8 Å². The highest BCUT2D eigenvalue weighted by atomic mass is 32.1. The molecule has 142 valence electrons. The van der Waals surface area contributed by atoms with E-state index in [2.05, 4.69) is 9.88 Å². The van der Waals surface area contributed by atoms with Crippen LogP contribution in [0.3, 0.4) is 0 Å². The van der Waals surface area contributed by atoms with Crippen molar-refractivity contribution in [2.45, 2.75) is 32.8 Å². The first kappa shape index (κ1) is 19.1. The summed E-state index contributed by atoms with van der Waals surface area (Å²) in [4.78, 5) is 22.3. The molecule has 0 radical (unpaired) electrons. The zero-order chi connectivity index (χ0) is 18.7. The van der Waals surface area contributed by atoms with Gasteiger partial charge in [0.2, 0.25) is 0 Å². The SMILES string of the molecule is Cc1sc(-c2ccco2)nc1C(=O)N(C)CC1CCN(CC(C)O)CC1. The average Bonchev–Trinajstić information content (AvgIpc) is 3.25. The standard InChI is InChI=1S/C19H27N3O3S/c1-13(23)11-22-8-6-15(7-9-22)12-21(3)19(24)17-14(2)26-18(20-17)16-5-4-10-25-16/h4-5,10,13,15,23H,6-9,11-12H2,1-3H3. The Hall–Kier alpha value is -1.70. The number of carbonyl (C=O) groups excluding carboxylic acids is 1. The van der Waals surface area contributed by atoms with E-state index in [9.17, 15) is 9.90 Å². The molecule has 1 atom stereocenters. The molecule has 26 heavy (non-hydrogen) atoms. The Balaban J connectivity index is 1.57. The number of thiazole rings is 1. The maximum Gasteiger partial charge on any atom is 0.273 e. The van der Waals surface area contributed by atoms with Gasteiger partial charge in [0.1, 0.15) is 5.69 Å². The maximum absolute atomic E-state index is 12.8. The number of carbonyl (C=O) groups is 1. The lowest BCUT2D eigenvalue weighted by Gasteiger charge is -2.34. The Morgan fingerprint density at radius 3 is 2.85 bits per heavy atom. The van der Waals surface area contributed by atoms with Gasteiger partial charge in [-0.15, -0.1) is 11.3 Å². The molecule has 0 aromatic carbocycles. The smallest absolute Gasteiger partial charge is 0.273 e. The number of likely N-dealkylation sites (tertiary alicyclic amines) is 1. The minimum Gasteiger partial charge on any atom is -0.462 e. The van der Waals surface area contributed by atoms with E-state index in [1.807, 2.05) is 33.0 Å². The minimum absolute atomic E-state index is 0.0250. The lowest BCUT2D eigenvalue weighted by atomic mass is 9.96. The summed E-state index contributed by atoms with van der Waals surface area (Å²) in [6.07, 6.45) is 3.44. The molecule has 2 aromatic rings. The third-order valence-electron chi connectivity index (χ3n) is 4.84. The summed E-state index contributed by atoms with van der Waals surface area (Å²) in [6.45, 7) is 7.20. The van der Waals surface area contributed by atoms with Crippen LogP contribution in [0.5, 0.6) is 0 Å². The molecule has 1 aliphatic heterocycles. The number of aryl methyl sites for hydroxylation is 1. The molecule has 1 saturated heterocycles. The molecule has 0 bridgehead atoms. The highest BCUT2D eigenvalue weighted by molar-refractivity contribution is 7.15. The summed E-state index contributed by atoms with van der Waals surface area (Å²) in [5.41, 5.74) is 0.524. The lowest BCUT2D eigenvalue weighted by Crippen LogP contribution is -2.41. The van der Waals surface area contributed by atoms with Crippen LogP contribution in [0.2, 0.25) is 0 Å². The van der Waals surface area contributed by atoms with Crippen molar-refractivity contribution in [3.05, 3.63) is 29.0 Å². The fourth-order valence-corrected chi connectivity index (χ4v) is 4.35. The Morgan fingerprint density at radius 2 is 2.23 bits per heavy atom. The van der Waals surface area contributed by atoms with Gasteiger partial charge >= 0.3 is 0 Å². The van der Waals surface area contributed by atoms with E-state index in [0.29, 0.717) is 17.4 Å². The Labute approximate surface area is 158 Å². The van der Waals surface area contributed by atoms with Crippen LogP contribution in [0, 0.1) is 12.8 Å². The van der Waals surface area contributed by atoms with Crippen molar-refractivity contribution in [3.63, 3.8) is 0 Å². The number of piperidine rings is 1. The molecule has 1 fully saturated rings. The second kappa shape index (κ2) is 8.33.